The van der Waals surface area contributed by atoms with Crippen LogP contribution in [0.25, 0.3) is 10.8 Å². The highest BCUT2D eigenvalue weighted by Crippen LogP contribution is 2.43. The first-order valence-corrected chi connectivity index (χ1v) is 8.37. The minimum absolute atomic E-state index is 0.0397. The summed E-state index contributed by atoms with van der Waals surface area (Å²) in [6.45, 7) is 3.85. The average molecular weight is 293 g/mol. The van der Waals surface area contributed by atoms with E-state index in [2.05, 4.69) is 5.09 Å². The fraction of sp³-hybridized carbons (Fsp3) is 0.333. The van der Waals surface area contributed by atoms with E-state index in [9.17, 15) is 4.57 Å². The summed E-state index contributed by atoms with van der Waals surface area (Å²) in [4.78, 5) is 0. The van der Waals surface area contributed by atoms with Gasteiger partial charge in [0.25, 0.3) is 0 Å². The smallest absolute Gasteiger partial charge is 0.342 e. The Kier molecular flexibility index (Phi) is 4.81. The molecule has 2 rings (SSSR count). The summed E-state index contributed by atoms with van der Waals surface area (Å²) in [6.07, 6.45) is 0.0397. The van der Waals surface area contributed by atoms with Crippen LogP contribution in [0.5, 0.6) is 5.75 Å². The van der Waals surface area contributed by atoms with Crippen LogP contribution in [0, 0.1) is 0 Å². The molecular weight excluding hydrogens is 273 g/mol. The van der Waals surface area contributed by atoms with Gasteiger partial charge in [-0.3, -0.25) is 4.57 Å². The summed E-state index contributed by atoms with van der Waals surface area (Å²) in [5, 5.41) is 5.14. The molecule has 0 aliphatic heterocycles. The molecule has 2 aromatic carbocycles. The Bertz CT molecular complexity index is 627. The van der Waals surface area contributed by atoms with E-state index >= 15 is 0 Å². The summed E-state index contributed by atoms with van der Waals surface area (Å²) in [6, 6.07) is 13.7. The first kappa shape index (κ1) is 15.0. The fourth-order valence-electron chi connectivity index (χ4n) is 2.05. The number of fused-ring (bicyclic) bond motifs is 1. The molecule has 1 atom stereocenters. The van der Waals surface area contributed by atoms with Gasteiger partial charge in [0.15, 0.2) is 0 Å². The Hall–Kier alpha value is -1.35. The van der Waals surface area contributed by atoms with Gasteiger partial charge in [0.2, 0.25) is 0 Å². The van der Waals surface area contributed by atoms with Crippen molar-refractivity contribution in [2.24, 2.45) is 0 Å². The third-order valence-electron chi connectivity index (χ3n) is 2.73. The Morgan fingerprint density at radius 2 is 1.85 bits per heavy atom. The summed E-state index contributed by atoms with van der Waals surface area (Å²) in [7, 11) is -1.54. The van der Waals surface area contributed by atoms with Gasteiger partial charge in [-0.15, -0.1) is 0 Å². The van der Waals surface area contributed by atoms with Gasteiger partial charge in [-0.25, -0.2) is 5.09 Å². The number of nitrogens with one attached hydrogen (secondary N) is 1. The molecule has 1 N–H and O–H groups in total. The molecule has 0 amide bonds. The lowest BCUT2D eigenvalue weighted by Crippen LogP contribution is -2.24. The number of rotatable bonds is 6. The summed E-state index contributed by atoms with van der Waals surface area (Å²) in [5.41, 5.74) is 0. The van der Waals surface area contributed by atoms with Crippen LogP contribution in [0.15, 0.2) is 42.5 Å². The molecule has 5 heteroatoms. The summed E-state index contributed by atoms with van der Waals surface area (Å²) >= 11 is 0. The summed E-state index contributed by atoms with van der Waals surface area (Å²) in [5.74, 6) is 0.581. The van der Waals surface area contributed by atoms with Gasteiger partial charge in [-0.2, -0.15) is 0 Å². The van der Waals surface area contributed by atoms with Crippen LogP contribution < -0.4 is 9.61 Å². The second kappa shape index (κ2) is 6.40. The molecule has 0 bridgehead atoms. The van der Waals surface area contributed by atoms with E-state index in [1.165, 1.54) is 7.11 Å². The highest BCUT2D eigenvalue weighted by Gasteiger charge is 2.25. The molecule has 0 saturated carbocycles. The van der Waals surface area contributed by atoms with E-state index in [-0.39, 0.29) is 12.4 Å². The number of benzene rings is 2. The van der Waals surface area contributed by atoms with Crippen molar-refractivity contribution < 1.29 is 13.8 Å². The van der Waals surface area contributed by atoms with Crippen LogP contribution in [0.1, 0.15) is 13.8 Å². The maximum Gasteiger partial charge on any atom is 0.342 e. The van der Waals surface area contributed by atoms with Gasteiger partial charge < -0.3 is 9.26 Å². The molecule has 0 aromatic heterocycles. The van der Waals surface area contributed by atoms with Gasteiger partial charge in [-0.05, 0) is 36.8 Å². The third-order valence-corrected chi connectivity index (χ3v) is 4.74. The molecule has 0 fully saturated rings. The summed E-state index contributed by atoms with van der Waals surface area (Å²) < 4.78 is 23.4. The van der Waals surface area contributed by atoms with Gasteiger partial charge in [-0.1, -0.05) is 30.3 Å². The Balaban J connectivity index is 2.26. The normalized spacial score (nSPS) is 14.4. The second-order valence-corrected chi connectivity index (χ2v) is 7.02. The van der Waals surface area contributed by atoms with Crippen molar-refractivity contribution in [3.8, 4) is 5.75 Å². The van der Waals surface area contributed by atoms with E-state index in [1.54, 1.807) is 0 Å². The fourth-order valence-corrected chi connectivity index (χ4v) is 3.81. The number of methoxy groups -OCH3 is 1. The Labute approximate surface area is 119 Å². The van der Waals surface area contributed by atoms with Crippen molar-refractivity contribution >= 4 is 18.3 Å². The van der Waals surface area contributed by atoms with Crippen molar-refractivity contribution in [1.82, 2.24) is 5.09 Å². The molecule has 1 unspecified atom stereocenters. The zero-order chi connectivity index (χ0) is 14.6. The maximum atomic E-state index is 12.7. The zero-order valence-electron chi connectivity index (χ0n) is 12.0. The molecule has 0 radical (unpaired) electrons. The maximum absolute atomic E-state index is 12.7. The topological polar surface area (TPSA) is 47.6 Å². The van der Waals surface area contributed by atoms with Crippen LogP contribution in [0.4, 0.5) is 0 Å². The van der Waals surface area contributed by atoms with E-state index in [4.69, 9.17) is 9.26 Å². The molecule has 0 spiro atoms. The molecule has 108 valence electrons. The lowest BCUT2D eigenvalue weighted by molar-refractivity contribution is 0.235. The highest BCUT2D eigenvalue weighted by atomic mass is 31.2. The molecule has 0 aliphatic rings. The minimum atomic E-state index is -3.05. The van der Waals surface area contributed by atoms with Gasteiger partial charge >= 0.3 is 7.52 Å². The molecule has 0 aliphatic carbocycles. The SMILES string of the molecule is COCP(=O)(NC(C)C)Oc1ccc2ccccc2c1. The zero-order valence-corrected chi connectivity index (χ0v) is 12.9. The van der Waals surface area contributed by atoms with Crippen LogP contribution in [0.2, 0.25) is 0 Å². The lowest BCUT2D eigenvalue weighted by atomic mass is 10.1. The Morgan fingerprint density at radius 3 is 2.50 bits per heavy atom. The standard InChI is InChI=1S/C15H20NO3P/c1-12(2)16-20(17,11-18-3)19-15-9-8-13-6-4-5-7-14(13)10-15/h4-10,12H,11H2,1-3H3,(H,16,17). The van der Waals surface area contributed by atoms with Gasteiger partial charge in [0, 0.05) is 13.2 Å². The van der Waals surface area contributed by atoms with Crippen LogP contribution >= 0.6 is 7.52 Å². The van der Waals surface area contributed by atoms with Gasteiger partial charge in [0.05, 0.1) is 0 Å². The predicted octanol–water partition coefficient (Wildman–Crippen LogP) is 4.01. The van der Waals surface area contributed by atoms with Crippen molar-refractivity contribution in [3.63, 3.8) is 0 Å². The molecule has 20 heavy (non-hydrogen) atoms. The predicted molar refractivity (Wildman–Crippen MR) is 82.3 cm³/mol. The van der Waals surface area contributed by atoms with E-state index in [1.807, 2.05) is 56.3 Å². The monoisotopic (exact) mass is 293 g/mol. The average Bonchev–Trinajstić information content (AvgIpc) is 2.37. The number of hydrogen-bond acceptors (Lipinski definition) is 3. The van der Waals surface area contributed by atoms with Crippen molar-refractivity contribution in [1.29, 1.82) is 0 Å². The van der Waals surface area contributed by atoms with E-state index in [0.717, 1.165) is 10.8 Å². The highest BCUT2D eigenvalue weighted by molar-refractivity contribution is 7.57. The lowest BCUT2D eigenvalue weighted by Gasteiger charge is -2.22. The first-order valence-electron chi connectivity index (χ1n) is 6.56. The van der Waals surface area contributed by atoms with Crippen molar-refractivity contribution in [3.05, 3.63) is 42.5 Å². The second-order valence-electron chi connectivity index (χ2n) is 4.98. The molecule has 0 heterocycles. The number of hydrogen-bond donors (Lipinski definition) is 1. The largest absolute Gasteiger partial charge is 0.431 e. The van der Waals surface area contributed by atoms with Crippen molar-refractivity contribution in [2.75, 3.05) is 13.5 Å². The Morgan fingerprint density at radius 1 is 1.15 bits per heavy atom. The van der Waals surface area contributed by atoms with Crippen LogP contribution in [-0.4, -0.2) is 19.5 Å². The number of ether oxygens (including phenoxy) is 1. The van der Waals surface area contributed by atoms with Crippen LogP contribution in [0.3, 0.4) is 0 Å². The van der Waals surface area contributed by atoms with E-state index < -0.39 is 7.52 Å². The molecule has 4 nitrogen and oxygen atoms in total. The quantitative estimate of drug-likeness (QED) is 0.817. The minimum Gasteiger partial charge on any atom is -0.431 e. The third kappa shape index (κ3) is 3.83. The van der Waals surface area contributed by atoms with E-state index in [0.29, 0.717) is 5.75 Å². The first-order chi connectivity index (χ1) is 9.52. The molecule has 0 saturated heterocycles. The molecular formula is C15H20NO3P. The van der Waals surface area contributed by atoms with Crippen LogP contribution in [-0.2, 0) is 9.30 Å². The van der Waals surface area contributed by atoms with Crippen molar-refractivity contribution in [2.45, 2.75) is 19.9 Å². The molecule has 2 aromatic rings. The van der Waals surface area contributed by atoms with Gasteiger partial charge in [0.1, 0.15) is 12.1 Å².